The summed E-state index contributed by atoms with van der Waals surface area (Å²) in [5.74, 6) is 0.586. The first-order valence-electron chi connectivity index (χ1n) is 8.13. The molecule has 0 aliphatic rings. The zero-order valence-electron chi connectivity index (χ0n) is 14.3. The van der Waals surface area contributed by atoms with Gasteiger partial charge in [0.2, 0.25) is 5.91 Å². The SMILES string of the molecule is CCC(C)c1ccc(NC(=O)C(C)Sc2ccc(C)cc2)cc1. The molecule has 2 aromatic carbocycles. The van der Waals surface area contributed by atoms with Gasteiger partial charge in [-0.2, -0.15) is 0 Å². The highest BCUT2D eigenvalue weighted by molar-refractivity contribution is 8.00. The third kappa shape index (κ3) is 5.14. The van der Waals surface area contributed by atoms with Crippen LogP contribution < -0.4 is 5.32 Å². The third-order valence-corrected chi connectivity index (χ3v) is 5.17. The van der Waals surface area contributed by atoms with Crippen molar-refractivity contribution in [2.75, 3.05) is 5.32 Å². The zero-order chi connectivity index (χ0) is 16.8. The summed E-state index contributed by atoms with van der Waals surface area (Å²) in [4.78, 5) is 13.4. The predicted octanol–water partition coefficient (Wildman–Crippen LogP) is 5.63. The first-order chi connectivity index (χ1) is 11.0. The highest BCUT2D eigenvalue weighted by Gasteiger charge is 2.14. The van der Waals surface area contributed by atoms with Gasteiger partial charge in [-0.1, -0.05) is 43.7 Å². The van der Waals surface area contributed by atoms with Crippen molar-refractivity contribution >= 4 is 23.4 Å². The average Bonchev–Trinajstić information content (AvgIpc) is 2.56. The molecule has 1 amide bonds. The summed E-state index contributed by atoms with van der Waals surface area (Å²) >= 11 is 1.58. The summed E-state index contributed by atoms with van der Waals surface area (Å²) < 4.78 is 0. The predicted molar refractivity (Wildman–Crippen MR) is 100 cm³/mol. The monoisotopic (exact) mass is 327 g/mol. The minimum Gasteiger partial charge on any atom is -0.325 e. The van der Waals surface area contributed by atoms with E-state index in [9.17, 15) is 4.79 Å². The van der Waals surface area contributed by atoms with Gasteiger partial charge >= 0.3 is 0 Å². The van der Waals surface area contributed by atoms with E-state index in [0.29, 0.717) is 5.92 Å². The third-order valence-electron chi connectivity index (χ3n) is 4.06. The van der Waals surface area contributed by atoms with E-state index in [4.69, 9.17) is 0 Å². The van der Waals surface area contributed by atoms with Crippen molar-refractivity contribution in [3.8, 4) is 0 Å². The standard InChI is InChI=1S/C20H25NOS/c1-5-15(3)17-8-10-18(11-9-17)21-20(22)16(4)23-19-12-6-14(2)7-13-19/h6-13,15-16H,5H2,1-4H3,(H,21,22). The molecule has 0 aliphatic carbocycles. The van der Waals surface area contributed by atoms with Gasteiger partial charge in [0.15, 0.2) is 0 Å². The van der Waals surface area contributed by atoms with E-state index in [1.54, 1.807) is 11.8 Å². The number of benzene rings is 2. The number of aryl methyl sites for hydroxylation is 1. The molecule has 23 heavy (non-hydrogen) atoms. The van der Waals surface area contributed by atoms with Crippen LogP contribution in [-0.2, 0) is 4.79 Å². The van der Waals surface area contributed by atoms with Crippen molar-refractivity contribution in [2.45, 2.75) is 50.2 Å². The van der Waals surface area contributed by atoms with Crippen LogP contribution >= 0.6 is 11.8 Å². The first-order valence-corrected chi connectivity index (χ1v) is 9.01. The number of carbonyl (C=O) groups is 1. The molecule has 3 heteroatoms. The van der Waals surface area contributed by atoms with E-state index in [2.05, 4.69) is 62.5 Å². The van der Waals surface area contributed by atoms with E-state index in [1.807, 2.05) is 19.1 Å². The number of amides is 1. The lowest BCUT2D eigenvalue weighted by Gasteiger charge is -2.13. The Morgan fingerprint density at radius 2 is 1.65 bits per heavy atom. The fraction of sp³-hybridized carbons (Fsp3) is 0.350. The molecule has 0 aliphatic heterocycles. The van der Waals surface area contributed by atoms with Crippen LogP contribution in [0.4, 0.5) is 5.69 Å². The van der Waals surface area contributed by atoms with Gasteiger partial charge in [-0.25, -0.2) is 0 Å². The lowest BCUT2D eigenvalue weighted by atomic mass is 9.99. The molecular weight excluding hydrogens is 302 g/mol. The fourth-order valence-electron chi connectivity index (χ4n) is 2.25. The van der Waals surface area contributed by atoms with Gasteiger partial charge in [0.05, 0.1) is 5.25 Å². The summed E-state index contributed by atoms with van der Waals surface area (Å²) in [7, 11) is 0. The van der Waals surface area contributed by atoms with Crippen molar-refractivity contribution in [3.05, 3.63) is 59.7 Å². The highest BCUT2D eigenvalue weighted by atomic mass is 32.2. The number of hydrogen-bond donors (Lipinski definition) is 1. The molecule has 0 saturated carbocycles. The van der Waals surface area contributed by atoms with Gasteiger partial charge < -0.3 is 5.32 Å². The van der Waals surface area contributed by atoms with Gasteiger partial charge in [-0.3, -0.25) is 4.79 Å². The molecule has 2 unspecified atom stereocenters. The second-order valence-electron chi connectivity index (χ2n) is 5.99. The van der Waals surface area contributed by atoms with E-state index in [1.165, 1.54) is 11.1 Å². The molecule has 0 spiro atoms. The fourth-order valence-corrected chi connectivity index (χ4v) is 3.12. The summed E-state index contributed by atoms with van der Waals surface area (Å²) in [6.07, 6.45) is 1.12. The number of anilines is 1. The van der Waals surface area contributed by atoms with Crippen LogP contribution in [0.15, 0.2) is 53.4 Å². The molecule has 0 radical (unpaired) electrons. The Bertz CT molecular complexity index is 634. The van der Waals surface area contributed by atoms with Gasteiger partial charge in [0, 0.05) is 10.6 Å². The number of rotatable bonds is 6. The van der Waals surface area contributed by atoms with Crippen molar-refractivity contribution < 1.29 is 4.79 Å². The normalized spacial score (nSPS) is 13.4. The van der Waals surface area contributed by atoms with E-state index in [0.717, 1.165) is 17.0 Å². The summed E-state index contributed by atoms with van der Waals surface area (Å²) in [5.41, 5.74) is 3.40. The molecule has 2 nitrogen and oxygen atoms in total. The van der Waals surface area contributed by atoms with Gasteiger partial charge in [-0.05, 0) is 56.0 Å². The molecule has 0 fully saturated rings. The second-order valence-corrected chi connectivity index (χ2v) is 7.41. The maximum absolute atomic E-state index is 12.3. The van der Waals surface area contributed by atoms with Crippen LogP contribution in [0.3, 0.4) is 0 Å². The smallest absolute Gasteiger partial charge is 0.237 e. The average molecular weight is 327 g/mol. The van der Waals surface area contributed by atoms with Crippen LogP contribution in [-0.4, -0.2) is 11.2 Å². The molecular formula is C20H25NOS. The molecule has 0 saturated heterocycles. The number of carbonyl (C=O) groups excluding carboxylic acids is 1. The summed E-state index contributed by atoms with van der Waals surface area (Å²) in [6, 6.07) is 16.4. The Labute approximate surface area is 143 Å². The maximum Gasteiger partial charge on any atom is 0.237 e. The Hall–Kier alpha value is -1.74. The summed E-state index contributed by atoms with van der Waals surface area (Å²) in [5, 5.41) is 2.87. The van der Waals surface area contributed by atoms with Crippen molar-refractivity contribution in [1.82, 2.24) is 0 Å². The van der Waals surface area contributed by atoms with Gasteiger partial charge in [-0.15, -0.1) is 11.8 Å². The molecule has 1 N–H and O–H groups in total. The molecule has 2 aromatic rings. The lowest BCUT2D eigenvalue weighted by molar-refractivity contribution is -0.115. The van der Waals surface area contributed by atoms with Crippen LogP contribution in [0, 0.1) is 6.92 Å². The summed E-state index contributed by atoms with van der Waals surface area (Å²) in [6.45, 7) is 8.40. The van der Waals surface area contributed by atoms with Crippen molar-refractivity contribution in [3.63, 3.8) is 0 Å². The van der Waals surface area contributed by atoms with E-state index >= 15 is 0 Å². The van der Waals surface area contributed by atoms with E-state index in [-0.39, 0.29) is 11.2 Å². The van der Waals surface area contributed by atoms with Crippen molar-refractivity contribution in [1.29, 1.82) is 0 Å². The first kappa shape index (κ1) is 17.6. The van der Waals surface area contributed by atoms with Crippen LogP contribution in [0.1, 0.15) is 44.2 Å². The lowest BCUT2D eigenvalue weighted by Crippen LogP contribution is -2.22. The zero-order valence-corrected chi connectivity index (χ0v) is 15.1. The van der Waals surface area contributed by atoms with Gasteiger partial charge in [0.25, 0.3) is 0 Å². The number of thioether (sulfide) groups is 1. The van der Waals surface area contributed by atoms with Crippen LogP contribution in [0.2, 0.25) is 0 Å². The van der Waals surface area contributed by atoms with Gasteiger partial charge in [0.1, 0.15) is 0 Å². The second kappa shape index (κ2) is 8.21. The Morgan fingerprint density at radius 1 is 1.04 bits per heavy atom. The Balaban J connectivity index is 1.93. The molecule has 2 rings (SSSR count). The largest absolute Gasteiger partial charge is 0.325 e. The Kier molecular flexibility index (Phi) is 6.28. The van der Waals surface area contributed by atoms with Crippen molar-refractivity contribution in [2.24, 2.45) is 0 Å². The minimum atomic E-state index is -0.132. The Morgan fingerprint density at radius 3 is 2.22 bits per heavy atom. The number of hydrogen-bond acceptors (Lipinski definition) is 2. The molecule has 122 valence electrons. The van der Waals surface area contributed by atoms with Crippen LogP contribution in [0.25, 0.3) is 0 Å². The maximum atomic E-state index is 12.3. The molecule has 0 heterocycles. The minimum absolute atomic E-state index is 0.0341. The highest BCUT2D eigenvalue weighted by Crippen LogP contribution is 2.25. The van der Waals surface area contributed by atoms with E-state index < -0.39 is 0 Å². The topological polar surface area (TPSA) is 29.1 Å². The molecule has 2 atom stereocenters. The quantitative estimate of drug-likeness (QED) is 0.697. The molecule has 0 aromatic heterocycles. The molecule has 0 bridgehead atoms. The van der Waals surface area contributed by atoms with Crippen LogP contribution in [0.5, 0.6) is 0 Å². The number of nitrogens with one attached hydrogen (secondary N) is 1.